The standard InChI is InChI=1S/C20H19N5O3/c1-12(19(26)28-3)21-20-22-16-7-5-4-6-15(16)18-23-17(24-25(18)20)13-8-10-14(27-2)11-9-13/h4-12H,1-3H3,(H,21,22)/t12-/m1/s1. The van der Waals surface area contributed by atoms with Gasteiger partial charge in [0, 0.05) is 10.9 Å². The fraction of sp³-hybridized carbons (Fsp3) is 0.200. The van der Waals surface area contributed by atoms with Gasteiger partial charge in [-0.1, -0.05) is 12.1 Å². The summed E-state index contributed by atoms with van der Waals surface area (Å²) in [5.41, 5.74) is 2.25. The number of nitrogens with one attached hydrogen (secondary N) is 1. The molecule has 0 fully saturated rings. The largest absolute Gasteiger partial charge is 0.497 e. The van der Waals surface area contributed by atoms with E-state index in [4.69, 9.17) is 14.5 Å². The lowest BCUT2D eigenvalue weighted by Crippen LogP contribution is -2.28. The Hall–Kier alpha value is -3.68. The van der Waals surface area contributed by atoms with Gasteiger partial charge in [-0.05, 0) is 43.3 Å². The van der Waals surface area contributed by atoms with E-state index in [-0.39, 0.29) is 0 Å². The number of carbonyl (C=O) groups is 1. The molecule has 142 valence electrons. The molecule has 2 aromatic carbocycles. The lowest BCUT2D eigenvalue weighted by atomic mass is 10.2. The van der Waals surface area contributed by atoms with Gasteiger partial charge < -0.3 is 14.8 Å². The quantitative estimate of drug-likeness (QED) is 0.535. The van der Waals surface area contributed by atoms with Crippen LogP contribution in [0.2, 0.25) is 0 Å². The summed E-state index contributed by atoms with van der Waals surface area (Å²) in [4.78, 5) is 21.2. The Morgan fingerprint density at radius 1 is 1.07 bits per heavy atom. The molecule has 0 aliphatic carbocycles. The van der Waals surface area contributed by atoms with Crippen LogP contribution in [0, 0.1) is 0 Å². The molecule has 8 heteroatoms. The Bertz CT molecular complexity index is 1150. The molecule has 0 amide bonds. The van der Waals surface area contributed by atoms with E-state index in [1.165, 1.54) is 7.11 Å². The highest BCUT2D eigenvalue weighted by Gasteiger charge is 2.19. The number of methoxy groups -OCH3 is 2. The van der Waals surface area contributed by atoms with Crippen LogP contribution in [-0.4, -0.2) is 45.8 Å². The molecule has 0 aliphatic heterocycles. The molecule has 1 atom stereocenters. The molecule has 28 heavy (non-hydrogen) atoms. The van der Waals surface area contributed by atoms with Crippen LogP contribution in [0.15, 0.2) is 48.5 Å². The molecule has 0 saturated heterocycles. The monoisotopic (exact) mass is 377 g/mol. The third-order valence-electron chi connectivity index (χ3n) is 4.43. The van der Waals surface area contributed by atoms with Crippen molar-refractivity contribution in [1.29, 1.82) is 0 Å². The molecule has 2 aromatic heterocycles. The summed E-state index contributed by atoms with van der Waals surface area (Å²) in [6, 6.07) is 14.6. The highest BCUT2D eigenvalue weighted by atomic mass is 16.5. The second-order valence-electron chi connectivity index (χ2n) is 6.24. The van der Waals surface area contributed by atoms with Crippen LogP contribution in [0.1, 0.15) is 6.92 Å². The zero-order chi connectivity index (χ0) is 19.7. The Morgan fingerprint density at radius 2 is 1.82 bits per heavy atom. The van der Waals surface area contributed by atoms with E-state index < -0.39 is 12.0 Å². The van der Waals surface area contributed by atoms with E-state index in [0.29, 0.717) is 17.4 Å². The molecule has 4 aromatic rings. The third-order valence-corrected chi connectivity index (χ3v) is 4.43. The fourth-order valence-corrected chi connectivity index (χ4v) is 2.94. The highest BCUT2D eigenvalue weighted by molar-refractivity contribution is 5.93. The van der Waals surface area contributed by atoms with Crippen molar-refractivity contribution in [2.45, 2.75) is 13.0 Å². The second-order valence-corrected chi connectivity index (χ2v) is 6.24. The summed E-state index contributed by atoms with van der Waals surface area (Å²) < 4.78 is 11.6. The second kappa shape index (κ2) is 7.15. The first-order chi connectivity index (χ1) is 13.6. The topological polar surface area (TPSA) is 90.6 Å². The van der Waals surface area contributed by atoms with Gasteiger partial charge in [-0.3, -0.25) is 0 Å². The molecule has 0 bridgehead atoms. The van der Waals surface area contributed by atoms with Crippen molar-refractivity contribution in [3.63, 3.8) is 0 Å². The lowest BCUT2D eigenvalue weighted by molar-refractivity contribution is -0.141. The summed E-state index contributed by atoms with van der Waals surface area (Å²) in [6.07, 6.45) is 0. The summed E-state index contributed by atoms with van der Waals surface area (Å²) >= 11 is 0. The SMILES string of the molecule is COC(=O)[C@@H](C)Nc1nc2ccccc2c2nc(-c3ccc(OC)cc3)nn12. The molecule has 4 rings (SSSR count). The average molecular weight is 377 g/mol. The number of hydrogen-bond acceptors (Lipinski definition) is 7. The van der Waals surface area contributed by atoms with Crippen molar-refractivity contribution >= 4 is 28.5 Å². The number of nitrogens with zero attached hydrogens (tertiary/aromatic N) is 4. The Labute approximate surface area is 161 Å². The summed E-state index contributed by atoms with van der Waals surface area (Å²) in [5, 5.41) is 8.55. The minimum atomic E-state index is -0.588. The first-order valence-corrected chi connectivity index (χ1v) is 8.75. The van der Waals surface area contributed by atoms with Gasteiger partial charge in [0.2, 0.25) is 5.95 Å². The number of aromatic nitrogens is 4. The molecule has 0 saturated carbocycles. The van der Waals surface area contributed by atoms with Gasteiger partial charge in [0.05, 0.1) is 19.7 Å². The van der Waals surface area contributed by atoms with Crippen molar-refractivity contribution in [1.82, 2.24) is 19.6 Å². The van der Waals surface area contributed by atoms with Crippen molar-refractivity contribution < 1.29 is 14.3 Å². The van der Waals surface area contributed by atoms with Crippen LogP contribution in [0.4, 0.5) is 5.95 Å². The smallest absolute Gasteiger partial charge is 0.328 e. The van der Waals surface area contributed by atoms with E-state index >= 15 is 0 Å². The molecule has 0 spiro atoms. The van der Waals surface area contributed by atoms with Gasteiger partial charge >= 0.3 is 5.97 Å². The third kappa shape index (κ3) is 3.09. The van der Waals surface area contributed by atoms with E-state index in [2.05, 4.69) is 15.4 Å². The number of rotatable bonds is 5. The number of anilines is 1. The van der Waals surface area contributed by atoms with Gasteiger partial charge in [-0.15, -0.1) is 5.10 Å². The van der Waals surface area contributed by atoms with Crippen molar-refractivity contribution in [2.75, 3.05) is 19.5 Å². The zero-order valence-corrected chi connectivity index (χ0v) is 15.7. The van der Waals surface area contributed by atoms with Crippen LogP contribution in [-0.2, 0) is 9.53 Å². The number of benzene rings is 2. The molecular weight excluding hydrogens is 358 g/mol. The molecular formula is C20H19N5O3. The van der Waals surface area contributed by atoms with E-state index in [9.17, 15) is 4.79 Å². The van der Waals surface area contributed by atoms with Crippen molar-refractivity contribution in [2.24, 2.45) is 0 Å². The normalized spacial score (nSPS) is 12.1. The summed E-state index contributed by atoms with van der Waals surface area (Å²) in [7, 11) is 2.97. The van der Waals surface area contributed by atoms with Crippen LogP contribution in [0.5, 0.6) is 5.75 Å². The van der Waals surface area contributed by atoms with Crippen LogP contribution < -0.4 is 10.1 Å². The predicted octanol–water partition coefficient (Wildman–Crippen LogP) is 2.93. The summed E-state index contributed by atoms with van der Waals surface area (Å²) in [6.45, 7) is 1.70. The van der Waals surface area contributed by atoms with Gasteiger partial charge in [0.15, 0.2) is 11.5 Å². The molecule has 2 heterocycles. The minimum absolute atomic E-state index is 0.390. The first kappa shape index (κ1) is 17.7. The van der Waals surface area contributed by atoms with Gasteiger partial charge in [0.25, 0.3) is 0 Å². The number of esters is 1. The van der Waals surface area contributed by atoms with Crippen molar-refractivity contribution in [3.8, 4) is 17.1 Å². The molecule has 0 unspecified atom stereocenters. The minimum Gasteiger partial charge on any atom is -0.497 e. The van der Waals surface area contributed by atoms with Crippen LogP contribution in [0.25, 0.3) is 27.9 Å². The Kier molecular flexibility index (Phi) is 4.52. The number of hydrogen-bond donors (Lipinski definition) is 1. The molecule has 1 N–H and O–H groups in total. The highest BCUT2D eigenvalue weighted by Crippen LogP contribution is 2.25. The summed E-state index contributed by atoms with van der Waals surface area (Å²) in [5.74, 6) is 1.33. The number of para-hydroxylation sites is 1. The number of fused-ring (bicyclic) bond motifs is 3. The van der Waals surface area contributed by atoms with E-state index in [1.807, 2.05) is 48.5 Å². The maximum absolute atomic E-state index is 11.8. The number of ether oxygens (including phenoxy) is 2. The zero-order valence-electron chi connectivity index (χ0n) is 15.7. The van der Waals surface area contributed by atoms with Crippen LogP contribution >= 0.6 is 0 Å². The van der Waals surface area contributed by atoms with Crippen molar-refractivity contribution in [3.05, 3.63) is 48.5 Å². The van der Waals surface area contributed by atoms with Gasteiger partial charge in [0.1, 0.15) is 11.8 Å². The maximum Gasteiger partial charge on any atom is 0.328 e. The molecule has 0 aliphatic rings. The van der Waals surface area contributed by atoms with E-state index in [0.717, 1.165) is 22.2 Å². The lowest BCUT2D eigenvalue weighted by Gasteiger charge is -2.13. The number of carbonyl (C=O) groups excluding carboxylic acids is 1. The van der Waals surface area contributed by atoms with Gasteiger partial charge in [-0.25, -0.2) is 14.8 Å². The Balaban J connectivity index is 1.87. The van der Waals surface area contributed by atoms with E-state index in [1.54, 1.807) is 18.5 Å². The maximum atomic E-state index is 11.8. The Morgan fingerprint density at radius 3 is 2.54 bits per heavy atom. The molecule has 8 nitrogen and oxygen atoms in total. The predicted molar refractivity (Wildman–Crippen MR) is 105 cm³/mol. The fourth-order valence-electron chi connectivity index (χ4n) is 2.94. The average Bonchev–Trinajstić information content (AvgIpc) is 3.19. The van der Waals surface area contributed by atoms with Crippen LogP contribution in [0.3, 0.4) is 0 Å². The first-order valence-electron chi connectivity index (χ1n) is 8.75. The molecule has 0 radical (unpaired) electrons. The van der Waals surface area contributed by atoms with Gasteiger partial charge in [-0.2, -0.15) is 4.52 Å².